The molecule has 0 saturated heterocycles. The lowest BCUT2D eigenvalue weighted by Gasteiger charge is -2.03. The molecular formula is C17H13N7O3. The van der Waals surface area contributed by atoms with Gasteiger partial charge in [0, 0.05) is 18.0 Å². The van der Waals surface area contributed by atoms with Gasteiger partial charge in [0.1, 0.15) is 5.82 Å². The summed E-state index contributed by atoms with van der Waals surface area (Å²) in [7, 11) is 1.20. The van der Waals surface area contributed by atoms with E-state index in [1.165, 1.54) is 7.11 Å². The van der Waals surface area contributed by atoms with Crippen molar-refractivity contribution < 1.29 is 14.3 Å². The normalized spacial score (nSPS) is 10.7. The van der Waals surface area contributed by atoms with Crippen LogP contribution in [0.3, 0.4) is 0 Å². The fraction of sp³-hybridized carbons (Fsp3) is 0.0588. The number of nitrogens with one attached hydrogen (secondary N) is 2. The minimum Gasteiger partial charge on any atom is -0.464 e. The smallest absolute Gasteiger partial charge is 0.358 e. The van der Waals surface area contributed by atoms with E-state index in [0.717, 1.165) is 11.3 Å². The second-order valence-electron chi connectivity index (χ2n) is 5.49. The van der Waals surface area contributed by atoms with Gasteiger partial charge in [-0.1, -0.05) is 35.5 Å². The summed E-state index contributed by atoms with van der Waals surface area (Å²) >= 11 is 0. The van der Waals surface area contributed by atoms with Gasteiger partial charge in [0.2, 0.25) is 5.78 Å². The van der Waals surface area contributed by atoms with Crippen molar-refractivity contribution in [1.29, 1.82) is 0 Å². The van der Waals surface area contributed by atoms with Gasteiger partial charge < -0.3 is 10.1 Å². The van der Waals surface area contributed by atoms with Crippen LogP contribution in [0, 0.1) is 0 Å². The third-order valence-corrected chi connectivity index (χ3v) is 3.79. The van der Waals surface area contributed by atoms with Gasteiger partial charge in [-0.2, -0.15) is 4.98 Å². The topological polar surface area (TPSA) is 127 Å². The van der Waals surface area contributed by atoms with Crippen LogP contribution in [0.25, 0.3) is 17.0 Å². The highest BCUT2D eigenvalue weighted by atomic mass is 16.5. The maximum Gasteiger partial charge on any atom is 0.358 e. The van der Waals surface area contributed by atoms with E-state index >= 15 is 0 Å². The molecule has 0 saturated carbocycles. The number of aromatic amines is 1. The van der Waals surface area contributed by atoms with Gasteiger partial charge in [0.25, 0.3) is 5.91 Å². The lowest BCUT2D eigenvalue weighted by Crippen LogP contribution is -2.18. The number of hydrogen-bond acceptors (Lipinski definition) is 7. The number of hydrogen-bond donors (Lipinski definition) is 2. The van der Waals surface area contributed by atoms with Crippen molar-refractivity contribution in [3.8, 4) is 11.3 Å². The molecule has 2 N–H and O–H groups in total. The molecule has 3 heterocycles. The second kappa shape index (κ2) is 6.67. The highest BCUT2D eigenvalue weighted by Gasteiger charge is 2.22. The number of imidazole rings is 1. The quantitative estimate of drug-likeness (QED) is 0.527. The Morgan fingerprint density at radius 2 is 1.96 bits per heavy atom. The fourth-order valence-corrected chi connectivity index (χ4v) is 2.50. The van der Waals surface area contributed by atoms with E-state index in [9.17, 15) is 9.59 Å². The van der Waals surface area contributed by atoms with E-state index in [1.807, 2.05) is 36.5 Å². The molecule has 4 aromatic rings. The summed E-state index contributed by atoms with van der Waals surface area (Å²) in [6.07, 6.45) is 3.57. The lowest BCUT2D eigenvalue weighted by atomic mass is 10.2. The van der Waals surface area contributed by atoms with Gasteiger partial charge >= 0.3 is 5.97 Å². The van der Waals surface area contributed by atoms with Crippen LogP contribution in [-0.4, -0.2) is 48.8 Å². The molecule has 0 atom stereocenters. The zero-order chi connectivity index (χ0) is 18.8. The number of ether oxygens (including phenoxy) is 1. The lowest BCUT2D eigenvalue weighted by molar-refractivity contribution is 0.0590. The molecule has 1 aromatic carbocycles. The fourth-order valence-electron chi connectivity index (χ4n) is 2.50. The first-order valence-electron chi connectivity index (χ1n) is 7.87. The van der Waals surface area contributed by atoms with Crippen LogP contribution in [0.5, 0.6) is 0 Å². The zero-order valence-electron chi connectivity index (χ0n) is 14.1. The van der Waals surface area contributed by atoms with Crippen molar-refractivity contribution in [2.24, 2.45) is 0 Å². The summed E-state index contributed by atoms with van der Waals surface area (Å²) in [5, 5.41) is 12.0. The van der Waals surface area contributed by atoms with Crippen LogP contribution in [0.4, 0.5) is 5.82 Å². The Labute approximate surface area is 152 Å². The minimum atomic E-state index is -0.741. The van der Waals surface area contributed by atoms with Crippen LogP contribution in [0.1, 0.15) is 21.0 Å². The van der Waals surface area contributed by atoms with E-state index in [2.05, 4.69) is 35.4 Å². The Morgan fingerprint density at radius 3 is 2.74 bits per heavy atom. The van der Waals surface area contributed by atoms with Crippen molar-refractivity contribution in [1.82, 2.24) is 29.8 Å². The molecule has 0 radical (unpaired) electrons. The molecule has 134 valence electrons. The molecule has 0 bridgehead atoms. The average molecular weight is 363 g/mol. The van der Waals surface area contributed by atoms with Crippen molar-refractivity contribution in [3.63, 3.8) is 0 Å². The molecule has 3 aromatic heterocycles. The van der Waals surface area contributed by atoms with Crippen molar-refractivity contribution >= 4 is 23.5 Å². The summed E-state index contributed by atoms with van der Waals surface area (Å²) in [6, 6.07) is 11.3. The number of benzene rings is 1. The first-order chi connectivity index (χ1) is 13.2. The van der Waals surface area contributed by atoms with E-state index < -0.39 is 11.9 Å². The number of rotatable bonds is 4. The van der Waals surface area contributed by atoms with Gasteiger partial charge in [-0.05, 0) is 6.07 Å². The van der Waals surface area contributed by atoms with Crippen molar-refractivity contribution in [2.75, 3.05) is 12.4 Å². The number of amides is 1. The molecule has 0 aliphatic carbocycles. The monoisotopic (exact) mass is 363 g/mol. The number of esters is 1. The maximum atomic E-state index is 12.4. The molecule has 0 unspecified atom stereocenters. The molecule has 27 heavy (non-hydrogen) atoms. The number of H-pyrrole nitrogens is 1. The number of anilines is 1. The number of carbonyl (C=O) groups is 2. The summed E-state index contributed by atoms with van der Waals surface area (Å²) in [6.45, 7) is 0. The Kier molecular flexibility index (Phi) is 4.05. The number of carbonyl (C=O) groups excluding carboxylic acids is 2. The molecule has 0 spiro atoms. The molecule has 0 aliphatic heterocycles. The zero-order valence-corrected chi connectivity index (χ0v) is 14.1. The van der Waals surface area contributed by atoms with E-state index in [1.54, 1.807) is 16.7 Å². The van der Waals surface area contributed by atoms with E-state index in [4.69, 9.17) is 0 Å². The summed E-state index contributed by atoms with van der Waals surface area (Å²) in [5.74, 6) is -0.707. The predicted octanol–water partition coefficient (Wildman–Crippen LogP) is 1.55. The third-order valence-electron chi connectivity index (χ3n) is 3.79. The first kappa shape index (κ1) is 16.4. The summed E-state index contributed by atoms with van der Waals surface area (Å²) < 4.78 is 6.32. The molecule has 4 rings (SSSR count). The van der Waals surface area contributed by atoms with Crippen LogP contribution in [-0.2, 0) is 4.74 Å². The Balaban J connectivity index is 1.60. The average Bonchev–Trinajstić information content (AvgIpc) is 3.35. The van der Waals surface area contributed by atoms with Gasteiger partial charge in [-0.3, -0.25) is 14.3 Å². The van der Waals surface area contributed by atoms with Crippen LogP contribution < -0.4 is 5.32 Å². The van der Waals surface area contributed by atoms with Crippen LogP contribution in [0.2, 0.25) is 0 Å². The number of methoxy groups -OCH3 is 1. The molecule has 0 aliphatic rings. The minimum absolute atomic E-state index is 0.136. The predicted molar refractivity (Wildman–Crippen MR) is 94.1 cm³/mol. The molecule has 0 fully saturated rings. The SMILES string of the molecule is COC(=O)c1[nH]nnc1C(=O)Nc1ccn2cc(-c3ccccc3)nc2n1. The standard InChI is InChI=1S/C17H13N7O3/c1-27-16(26)14-13(21-23-22-14)15(25)19-12-7-8-24-9-11(18-17(24)20-12)10-5-3-2-4-6-10/h2-9H,1H3,(H,21,22,23)(H,18,19,20,25). The van der Waals surface area contributed by atoms with Gasteiger partial charge in [-0.15, -0.1) is 5.10 Å². The highest BCUT2D eigenvalue weighted by Crippen LogP contribution is 2.19. The van der Waals surface area contributed by atoms with Gasteiger partial charge in [0.15, 0.2) is 11.4 Å². The van der Waals surface area contributed by atoms with Crippen LogP contribution in [0.15, 0.2) is 48.8 Å². The Morgan fingerprint density at radius 1 is 1.15 bits per heavy atom. The number of fused-ring (bicyclic) bond motifs is 1. The number of nitrogens with zero attached hydrogens (tertiary/aromatic N) is 5. The molecule has 10 nitrogen and oxygen atoms in total. The highest BCUT2D eigenvalue weighted by molar-refractivity contribution is 6.08. The van der Waals surface area contributed by atoms with Crippen molar-refractivity contribution in [2.45, 2.75) is 0 Å². The van der Waals surface area contributed by atoms with E-state index in [0.29, 0.717) is 5.78 Å². The van der Waals surface area contributed by atoms with E-state index in [-0.39, 0.29) is 17.2 Å². The molecular weight excluding hydrogens is 350 g/mol. The largest absolute Gasteiger partial charge is 0.464 e. The number of aromatic nitrogens is 6. The Bertz CT molecular complexity index is 1130. The third kappa shape index (κ3) is 3.11. The second-order valence-corrected chi connectivity index (χ2v) is 5.49. The molecule has 10 heteroatoms. The van der Waals surface area contributed by atoms with Gasteiger partial charge in [-0.25, -0.2) is 9.78 Å². The first-order valence-corrected chi connectivity index (χ1v) is 7.87. The summed E-state index contributed by atoms with van der Waals surface area (Å²) in [4.78, 5) is 32.8. The Hall–Kier alpha value is -4.08. The molecule has 1 amide bonds. The maximum absolute atomic E-state index is 12.4. The van der Waals surface area contributed by atoms with Crippen LogP contribution >= 0.6 is 0 Å². The summed E-state index contributed by atoms with van der Waals surface area (Å²) in [5.41, 5.74) is 1.40. The van der Waals surface area contributed by atoms with Crippen molar-refractivity contribution in [3.05, 3.63) is 60.2 Å². The van der Waals surface area contributed by atoms with Gasteiger partial charge in [0.05, 0.1) is 12.8 Å².